The molecule has 0 saturated heterocycles. The van der Waals surface area contributed by atoms with Crippen LogP contribution in [0.1, 0.15) is 22.5 Å². The number of esters is 1. The fourth-order valence-electron chi connectivity index (χ4n) is 3.22. The van der Waals surface area contributed by atoms with Gasteiger partial charge in [-0.2, -0.15) is 0 Å². The van der Waals surface area contributed by atoms with E-state index in [-0.39, 0.29) is 19.2 Å². The summed E-state index contributed by atoms with van der Waals surface area (Å²) in [7, 11) is 0. The number of aliphatic hydroxyl groups is 1. The number of nitrogens with zero attached hydrogens (tertiary/aromatic N) is 3. The van der Waals surface area contributed by atoms with Crippen molar-refractivity contribution in [2.75, 3.05) is 6.61 Å². The van der Waals surface area contributed by atoms with Gasteiger partial charge in [0.1, 0.15) is 5.69 Å². The lowest BCUT2D eigenvalue weighted by molar-refractivity contribution is 0.0499. The molecule has 0 spiro atoms. The van der Waals surface area contributed by atoms with Crippen LogP contribution < -0.4 is 0 Å². The van der Waals surface area contributed by atoms with Crippen molar-refractivity contribution < 1.29 is 14.6 Å². The first-order chi connectivity index (χ1) is 13.3. The van der Waals surface area contributed by atoms with Gasteiger partial charge in [0.05, 0.1) is 25.0 Å². The lowest BCUT2D eigenvalue weighted by atomic mass is 9.97. The molecule has 6 heteroatoms. The van der Waals surface area contributed by atoms with E-state index in [1.807, 2.05) is 48.5 Å². The Morgan fingerprint density at radius 2 is 1.70 bits per heavy atom. The average molecular weight is 361 g/mol. The van der Waals surface area contributed by atoms with Gasteiger partial charge >= 0.3 is 5.97 Å². The number of aliphatic hydroxyl groups excluding tert-OH is 1. The fourth-order valence-corrected chi connectivity index (χ4v) is 3.22. The molecule has 0 aliphatic rings. The molecular formula is C21H19N3O3. The standard InChI is InChI=1S/C21H19N3O3/c25-14-17-13-24(23-22-17)10-5-11-27-21(26)20-18-8-3-1-6-15(18)12-16-7-2-4-9-19(16)20/h1-4,6-9,12-13,25H,5,10-11,14H2. The SMILES string of the molecule is O=C(OCCCn1cc(CO)nn1)c1c2ccccc2cc2ccccc12. The summed E-state index contributed by atoms with van der Waals surface area (Å²) in [6.45, 7) is 0.713. The van der Waals surface area contributed by atoms with Crippen LogP contribution in [0.2, 0.25) is 0 Å². The van der Waals surface area contributed by atoms with Gasteiger partial charge in [0, 0.05) is 13.0 Å². The van der Waals surface area contributed by atoms with Crippen LogP contribution in [0.25, 0.3) is 21.5 Å². The molecule has 3 aromatic carbocycles. The molecule has 136 valence electrons. The zero-order valence-electron chi connectivity index (χ0n) is 14.7. The van der Waals surface area contributed by atoms with Gasteiger partial charge in [0.2, 0.25) is 0 Å². The van der Waals surface area contributed by atoms with Crippen LogP contribution in [0.15, 0.2) is 60.8 Å². The summed E-state index contributed by atoms with van der Waals surface area (Å²) in [4.78, 5) is 12.8. The van der Waals surface area contributed by atoms with Gasteiger partial charge in [-0.15, -0.1) is 5.10 Å². The number of carbonyl (C=O) groups excluding carboxylic acids is 1. The van der Waals surface area contributed by atoms with Crippen LogP contribution in [0.3, 0.4) is 0 Å². The maximum absolute atomic E-state index is 12.8. The van der Waals surface area contributed by atoms with E-state index in [1.54, 1.807) is 10.9 Å². The maximum atomic E-state index is 12.8. The molecular weight excluding hydrogens is 342 g/mol. The van der Waals surface area contributed by atoms with E-state index in [2.05, 4.69) is 16.4 Å². The zero-order valence-corrected chi connectivity index (χ0v) is 14.7. The molecule has 0 atom stereocenters. The number of rotatable bonds is 6. The van der Waals surface area contributed by atoms with Gasteiger partial charge in [-0.1, -0.05) is 53.7 Å². The number of aryl methyl sites for hydroxylation is 1. The van der Waals surface area contributed by atoms with E-state index < -0.39 is 0 Å². The average Bonchev–Trinajstić information content (AvgIpc) is 3.17. The number of carbonyl (C=O) groups is 1. The summed E-state index contributed by atoms with van der Waals surface area (Å²) >= 11 is 0. The minimum absolute atomic E-state index is 0.136. The Morgan fingerprint density at radius 3 is 2.33 bits per heavy atom. The van der Waals surface area contributed by atoms with Crippen molar-refractivity contribution in [2.45, 2.75) is 19.6 Å². The number of benzene rings is 3. The molecule has 6 nitrogen and oxygen atoms in total. The minimum atomic E-state index is -0.322. The van der Waals surface area contributed by atoms with E-state index in [0.29, 0.717) is 24.2 Å². The van der Waals surface area contributed by atoms with E-state index in [4.69, 9.17) is 9.84 Å². The van der Waals surface area contributed by atoms with E-state index in [1.165, 1.54) is 0 Å². The summed E-state index contributed by atoms with van der Waals surface area (Å²) < 4.78 is 7.18. The van der Waals surface area contributed by atoms with Gasteiger partial charge in [-0.3, -0.25) is 4.68 Å². The van der Waals surface area contributed by atoms with Gasteiger partial charge < -0.3 is 9.84 Å². The number of ether oxygens (including phenoxy) is 1. The number of hydrogen-bond donors (Lipinski definition) is 1. The van der Waals surface area contributed by atoms with Crippen molar-refractivity contribution in [1.82, 2.24) is 15.0 Å². The van der Waals surface area contributed by atoms with Crippen LogP contribution in [-0.2, 0) is 17.9 Å². The van der Waals surface area contributed by atoms with E-state index in [9.17, 15) is 4.79 Å². The van der Waals surface area contributed by atoms with Crippen molar-refractivity contribution in [3.63, 3.8) is 0 Å². The Balaban J connectivity index is 1.53. The summed E-state index contributed by atoms with van der Waals surface area (Å²) in [5.74, 6) is -0.322. The first-order valence-corrected chi connectivity index (χ1v) is 8.84. The fraction of sp³-hybridized carbons (Fsp3) is 0.190. The van der Waals surface area contributed by atoms with Gasteiger partial charge in [-0.05, 0) is 27.6 Å². The maximum Gasteiger partial charge on any atom is 0.339 e. The molecule has 0 radical (unpaired) electrons. The van der Waals surface area contributed by atoms with Gasteiger partial charge in [0.25, 0.3) is 0 Å². The van der Waals surface area contributed by atoms with E-state index >= 15 is 0 Å². The second-order valence-electron chi connectivity index (χ2n) is 6.31. The van der Waals surface area contributed by atoms with Crippen molar-refractivity contribution in [3.8, 4) is 0 Å². The molecule has 0 aliphatic heterocycles. The Morgan fingerprint density at radius 1 is 1.04 bits per heavy atom. The number of aromatic nitrogens is 3. The van der Waals surface area contributed by atoms with Gasteiger partial charge in [-0.25, -0.2) is 4.79 Å². The normalized spacial score (nSPS) is 11.1. The highest BCUT2D eigenvalue weighted by Gasteiger charge is 2.16. The second kappa shape index (κ2) is 7.55. The van der Waals surface area contributed by atoms with Gasteiger partial charge in [0.15, 0.2) is 0 Å². The lowest BCUT2D eigenvalue weighted by Gasteiger charge is -2.11. The van der Waals surface area contributed by atoms with Crippen LogP contribution in [0, 0.1) is 0 Å². The molecule has 1 heterocycles. The summed E-state index contributed by atoms with van der Waals surface area (Å²) in [6.07, 6.45) is 2.29. The molecule has 0 bridgehead atoms. The highest BCUT2D eigenvalue weighted by Crippen LogP contribution is 2.29. The summed E-state index contributed by atoms with van der Waals surface area (Å²) in [5.41, 5.74) is 1.13. The van der Waals surface area contributed by atoms with E-state index in [0.717, 1.165) is 21.5 Å². The highest BCUT2D eigenvalue weighted by atomic mass is 16.5. The van der Waals surface area contributed by atoms with Crippen molar-refractivity contribution >= 4 is 27.5 Å². The molecule has 27 heavy (non-hydrogen) atoms. The molecule has 4 aromatic rings. The van der Waals surface area contributed by atoms with Crippen LogP contribution in [0.4, 0.5) is 0 Å². The first-order valence-electron chi connectivity index (χ1n) is 8.84. The molecule has 4 rings (SSSR count). The monoisotopic (exact) mass is 361 g/mol. The van der Waals surface area contributed by atoms with Crippen LogP contribution in [0.5, 0.6) is 0 Å². The first kappa shape index (κ1) is 17.2. The molecule has 0 unspecified atom stereocenters. The molecule has 0 saturated carbocycles. The highest BCUT2D eigenvalue weighted by molar-refractivity contribution is 6.16. The zero-order chi connectivity index (χ0) is 18.6. The lowest BCUT2D eigenvalue weighted by Crippen LogP contribution is -2.10. The third-order valence-electron chi connectivity index (χ3n) is 4.49. The molecule has 0 aliphatic carbocycles. The molecule has 1 aromatic heterocycles. The number of fused-ring (bicyclic) bond motifs is 2. The predicted octanol–water partition coefficient (Wildman–Crippen LogP) is 3.32. The molecule has 0 amide bonds. The summed E-state index contributed by atoms with van der Waals surface area (Å²) in [6, 6.07) is 17.8. The van der Waals surface area contributed by atoms with Crippen LogP contribution in [-0.4, -0.2) is 32.7 Å². The third-order valence-corrected chi connectivity index (χ3v) is 4.49. The Kier molecular flexibility index (Phi) is 4.80. The van der Waals surface area contributed by atoms with Crippen molar-refractivity contribution in [2.24, 2.45) is 0 Å². The second-order valence-corrected chi connectivity index (χ2v) is 6.31. The quantitative estimate of drug-likeness (QED) is 0.324. The third kappa shape index (κ3) is 3.52. The predicted molar refractivity (Wildman–Crippen MR) is 102 cm³/mol. The van der Waals surface area contributed by atoms with Crippen molar-refractivity contribution in [3.05, 3.63) is 72.1 Å². The Labute approximate surface area is 156 Å². The minimum Gasteiger partial charge on any atom is -0.462 e. The Bertz CT molecular complexity index is 1050. The smallest absolute Gasteiger partial charge is 0.339 e. The van der Waals surface area contributed by atoms with Crippen molar-refractivity contribution in [1.29, 1.82) is 0 Å². The molecule has 0 fully saturated rings. The topological polar surface area (TPSA) is 77.2 Å². The Hall–Kier alpha value is -3.25. The molecule has 1 N–H and O–H groups in total. The van der Waals surface area contributed by atoms with Crippen LogP contribution >= 0.6 is 0 Å². The summed E-state index contributed by atoms with van der Waals surface area (Å²) in [5, 5.41) is 20.6. The largest absolute Gasteiger partial charge is 0.462 e. The number of hydrogen-bond acceptors (Lipinski definition) is 5.